The van der Waals surface area contributed by atoms with Gasteiger partial charge in [0.2, 0.25) is 0 Å². The number of hydrogen-bond donors (Lipinski definition) is 2. The summed E-state index contributed by atoms with van der Waals surface area (Å²) >= 11 is 5.48. The molecule has 0 aromatic carbocycles. The first kappa shape index (κ1) is 17.7. The van der Waals surface area contributed by atoms with Gasteiger partial charge in [0.15, 0.2) is 10.8 Å². The fourth-order valence-electron chi connectivity index (χ4n) is 3.26. The van der Waals surface area contributed by atoms with Crippen molar-refractivity contribution in [1.82, 2.24) is 29.3 Å². The number of nitrogens with one attached hydrogen (secondary N) is 2. The average molecular weight is 364 g/mol. The zero-order valence-electron chi connectivity index (χ0n) is 15.0. The molecule has 1 aliphatic rings. The third-order valence-electron chi connectivity index (χ3n) is 4.62. The van der Waals surface area contributed by atoms with Crippen molar-refractivity contribution in [2.45, 2.75) is 38.6 Å². The number of piperidine rings is 1. The van der Waals surface area contributed by atoms with E-state index in [9.17, 15) is 9.59 Å². The highest BCUT2D eigenvalue weighted by molar-refractivity contribution is 7.80. The third kappa shape index (κ3) is 3.20. The first-order valence-electron chi connectivity index (χ1n) is 8.50. The molecular formula is C16H24N6O2S. The lowest BCUT2D eigenvalue weighted by Crippen LogP contribution is -2.46. The van der Waals surface area contributed by atoms with E-state index in [0.717, 1.165) is 41.4 Å². The maximum atomic E-state index is 12.3. The van der Waals surface area contributed by atoms with Crippen LogP contribution in [0.15, 0.2) is 9.59 Å². The molecule has 136 valence electrons. The number of nitrogens with zero attached hydrogens (tertiary/aromatic N) is 4. The standard InChI is InChI=1S/C16H24N6O2S/c1-9(2)17-15(25)22-7-5-6-10(8-22)12-18-11-13(19-12)20(3)16(24)21(4)14(11)23/h9-10H,5-8H2,1-4H3,(H,17,25)(H,18,19). The normalized spacial score (nSPS) is 18.1. The minimum absolute atomic E-state index is 0.146. The second-order valence-electron chi connectivity index (χ2n) is 6.92. The van der Waals surface area contributed by atoms with Crippen molar-refractivity contribution in [2.24, 2.45) is 14.1 Å². The molecule has 1 saturated heterocycles. The first-order valence-corrected chi connectivity index (χ1v) is 8.91. The summed E-state index contributed by atoms with van der Waals surface area (Å²) in [6.07, 6.45) is 1.97. The Bertz CT molecular complexity index is 925. The highest BCUT2D eigenvalue weighted by atomic mass is 32.1. The van der Waals surface area contributed by atoms with Crippen molar-refractivity contribution in [1.29, 1.82) is 0 Å². The monoisotopic (exact) mass is 364 g/mol. The molecule has 1 fully saturated rings. The summed E-state index contributed by atoms with van der Waals surface area (Å²) in [6, 6.07) is 0.289. The fraction of sp³-hybridized carbons (Fsp3) is 0.625. The lowest BCUT2D eigenvalue weighted by atomic mass is 9.98. The van der Waals surface area contributed by atoms with E-state index in [2.05, 4.69) is 34.0 Å². The second-order valence-corrected chi connectivity index (χ2v) is 7.30. The van der Waals surface area contributed by atoms with Gasteiger partial charge in [-0.1, -0.05) is 0 Å². The molecule has 0 bridgehead atoms. The van der Waals surface area contributed by atoms with E-state index < -0.39 is 0 Å². The molecule has 9 heteroatoms. The van der Waals surface area contributed by atoms with Crippen LogP contribution in [0.1, 0.15) is 38.4 Å². The van der Waals surface area contributed by atoms with E-state index in [4.69, 9.17) is 12.2 Å². The lowest BCUT2D eigenvalue weighted by Gasteiger charge is -2.34. The summed E-state index contributed by atoms with van der Waals surface area (Å²) < 4.78 is 2.50. The van der Waals surface area contributed by atoms with Crippen molar-refractivity contribution in [3.63, 3.8) is 0 Å². The van der Waals surface area contributed by atoms with Crippen LogP contribution in [0.3, 0.4) is 0 Å². The smallest absolute Gasteiger partial charge is 0.332 e. The summed E-state index contributed by atoms with van der Waals surface area (Å²) in [5.74, 6) is 0.887. The Morgan fingerprint density at radius 2 is 2.04 bits per heavy atom. The molecular weight excluding hydrogens is 340 g/mol. The number of likely N-dealkylation sites (tertiary alicyclic amines) is 1. The molecule has 1 unspecified atom stereocenters. The summed E-state index contributed by atoms with van der Waals surface area (Å²) in [4.78, 5) is 34.3. The van der Waals surface area contributed by atoms with Crippen LogP contribution in [0.5, 0.6) is 0 Å². The van der Waals surface area contributed by atoms with Crippen LogP contribution in [0, 0.1) is 0 Å². The quantitative estimate of drug-likeness (QED) is 0.751. The zero-order valence-corrected chi connectivity index (χ0v) is 15.8. The van der Waals surface area contributed by atoms with Crippen LogP contribution in [0.25, 0.3) is 11.2 Å². The SMILES string of the molecule is CC(C)NC(=S)N1CCCC(c2nc3c([nH]2)c(=O)n(C)c(=O)n3C)C1. The number of imidazole rings is 1. The van der Waals surface area contributed by atoms with Crippen LogP contribution < -0.4 is 16.6 Å². The third-order valence-corrected chi connectivity index (χ3v) is 5.00. The van der Waals surface area contributed by atoms with E-state index in [1.54, 1.807) is 7.05 Å². The molecule has 0 saturated carbocycles. The highest BCUT2D eigenvalue weighted by Gasteiger charge is 2.26. The summed E-state index contributed by atoms with van der Waals surface area (Å²) in [5.41, 5.74) is 0.0624. The number of hydrogen-bond acceptors (Lipinski definition) is 4. The molecule has 0 spiro atoms. The molecule has 3 heterocycles. The van der Waals surface area contributed by atoms with Gasteiger partial charge in [-0.15, -0.1) is 0 Å². The predicted molar refractivity (Wildman–Crippen MR) is 101 cm³/mol. The molecule has 0 amide bonds. The Hall–Kier alpha value is -2.16. The van der Waals surface area contributed by atoms with Gasteiger partial charge in [0.25, 0.3) is 5.56 Å². The van der Waals surface area contributed by atoms with E-state index in [1.807, 2.05) is 0 Å². The number of aromatic amines is 1. The molecule has 0 aliphatic carbocycles. The van der Waals surface area contributed by atoms with Crippen LogP contribution in [0.4, 0.5) is 0 Å². The van der Waals surface area contributed by atoms with Crippen molar-refractivity contribution in [3.05, 3.63) is 26.7 Å². The van der Waals surface area contributed by atoms with Gasteiger partial charge in [0, 0.05) is 39.1 Å². The van der Waals surface area contributed by atoms with E-state index >= 15 is 0 Å². The maximum Gasteiger partial charge on any atom is 0.332 e. The number of H-pyrrole nitrogens is 1. The van der Waals surface area contributed by atoms with Gasteiger partial charge in [0.05, 0.1) is 0 Å². The molecule has 2 aromatic rings. The van der Waals surface area contributed by atoms with Gasteiger partial charge in [-0.2, -0.15) is 0 Å². The molecule has 8 nitrogen and oxygen atoms in total. The largest absolute Gasteiger partial charge is 0.360 e. The molecule has 1 aliphatic heterocycles. The predicted octanol–water partition coefficient (Wildman–Crippen LogP) is 0.423. The molecule has 2 aromatic heterocycles. The maximum absolute atomic E-state index is 12.3. The fourth-order valence-corrected chi connectivity index (χ4v) is 3.66. The van der Waals surface area contributed by atoms with Crippen LogP contribution >= 0.6 is 12.2 Å². The van der Waals surface area contributed by atoms with Crippen LogP contribution in [-0.4, -0.2) is 48.2 Å². The molecule has 25 heavy (non-hydrogen) atoms. The Labute approximate surface area is 150 Å². The number of thiocarbonyl (C=S) groups is 1. The average Bonchev–Trinajstić information content (AvgIpc) is 3.03. The van der Waals surface area contributed by atoms with Gasteiger partial charge in [0.1, 0.15) is 11.3 Å². The van der Waals surface area contributed by atoms with Gasteiger partial charge < -0.3 is 15.2 Å². The summed E-state index contributed by atoms with van der Waals surface area (Å²) in [7, 11) is 3.10. The van der Waals surface area contributed by atoms with Crippen molar-refractivity contribution < 1.29 is 0 Å². The molecule has 1 atom stereocenters. The molecule has 3 rings (SSSR count). The Morgan fingerprint density at radius 3 is 2.72 bits per heavy atom. The van der Waals surface area contributed by atoms with E-state index in [0.29, 0.717) is 11.2 Å². The van der Waals surface area contributed by atoms with Gasteiger partial charge in [-0.05, 0) is 38.9 Å². The van der Waals surface area contributed by atoms with Crippen molar-refractivity contribution in [3.8, 4) is 0 Å². The number of aryl methyl sites for hydroxylation is 1. The Balaban J connectivity index is 1.93. The van der Waals surface area contributed by atoms with E-state index in [-0.39, 0.29) is 23.2 Å². The zero-order chi connectivity index (χ0) is 18.3. The van der Waals surface area contributed by atoms with Crippen LogP contribution in [-0.2, 0) is 14.1 Å². The molecule has 2 N–H and O–H groups in total. The minimum Gasteiger partial charge on any atom is -0.360 e. The minimum atomic E-state index is -0.372. The lowest BCUT2D eigenvalue weighted by molar-refractivity contribution is 0.298. The second kappa shape index (κ2) is 6.62. The van der Waals surface area contributed by atoms with Crippen LogP contribution in [0.2, 0.25) is 0 Å². The van der Waals surface area contributed by atoms with Gasteiger partial charge in [-0.3, -0.25) is 13.9 Å². The highest BCUT2D eigenvalue weighted by Crippen LogP contribution is 2.26. The summed E-state index contributed by atoms with van der Waals surface area (Å²) in [6.45, 7) is 5.77. The van der Waals surface area contributed by atoms with Gasteiger partial charge in [-0.25, -0.2) is 9.78 Å². The van der Waals surface area contributed by atoms with Crippen molar-refractivity contribution >= 4 is 28.5 Å². The number of aromatic nitrogens is 4. The van der Waals surface area contributed by atoms with Crippen molar-refractivity contribution in [2.75, 3.05) is 13.1 Å². The number of fused-ring (bicyclic) bond motifs is 1. The van der Waals surface area contributed by atoms with Gasteiger partial charge >= 0.3 is 5.69 Å². The Kier molecular flexibility index (Phi) is 4.68. The first-order chi connectivity index (χ1) is 11.8. The molecule has 0 radical (unpaired) electrons. The number of rotatable bonds is 2. The topological polar surface area (TPSA) is 88.0 Å². The summed E-state index contributed by atoms with van der Waals surface area (Å²) in [5, 5.41) is 4.02. The van der Waals surface area contributed by atoms with E-state index in [1.165, 1.54) is 11.6 Å². The Morgan fingerprint density at radius 1 is 1.32 bits per heavy atom.